The molecular weight excluding hydrogens is 579 g/mol. The average Bonchev–Trinajstić information content (AvgIpc) is 3.47. The number of halogens is 2. The van der Waals surface area contributed by atoms with Gasteiger partial charge in [-0.3, -0.25) is 4.79 Å². The van der Waals surface area contributed by atoms with Crippen LogP contribution < -0.4 is 15.8 Å². The maximum atomic E-state index is 13.2. The number of nitrogens with zero attached hydrogens (tertiary/aromatic N) is 2. The van der Waals surface area contributed by atoms with E-state index < -0.39 is 17.9 Å². The van der Waals surface area contributed by atoms with Crippen LogP contribution in [-0.2, 0) is 24.2 Å². The van der Waals surface area contributed by atoms with E-state index in [0.717, 1.165) is 16.7 Å². The number of ether oxygens (including phenoxy) is 2. The summed E-state index contributed by atoms with van der Waals surface area (Å²) >= 11 is 12.0. The Kier molecular flexibility index (Phi) is 11.8. The highest BCUT2D eigenvalue weighted by Gasteiger charge is 2.27. The molecule has 220 valence electrons. The van der Waals surface area contributed by atoms with Gasteiger partial charge in [-0.15, -0.1) is 0 Å². The Labute approximate surface area is 254 Å². The minimum Gasteiger partial charge on any atom is -0.493 e. The van der Waals surface area contributed by atoms with E-state index in [2.05, 4.69) is 15.5 Å². The minimum atomic E-state index is -0.870. The second-order valence-electron chi connectivity index (χ2n) is 9.59. The van der Waals surface area contributed by atoms with E-state index in [4.69, 9.17) is 42.9 Å². The van der Waals surface area contributed by atoms with Crippen LogP contribution >= 0.6 is 23.2 Å². The van der Waals surface area contributed by atoms with Gasteiger partial charge in [-0.1, -0.05) is 76.9 Å². The molecule has 3 N–H and O–H groups in total. The molecule has 0 saturated carbocycles. The van der Waals surface area contributed by atoms with Gasteiger partial charge in [0, 0.05) is 6.42 Å². The van der Waals surface area contributed by atoms with Crippen LogP contribution in [0, 0.1) is 0 Å². The van der Waals surface area contributed by atoms with Gasteiger partial charge >= 0.3 is 6.09 Å². The second kappa shape index (κ2) is 15.9. The van der Waals surface area contributed by atoms with Crippen LogP contribution in [-0.4, -0.2) is 41.2 Å². The zero-order valence-corrected chi connectivity index (χ0v) is 24.4. The van der Waals surface area contributed by atoms with Gasteiger partial charge < -0.3 is 25.0 Å². The number of benzene rings is 3. The zero-order chi connectivity index (χ0) is 29.7. The Morgan fingerprint density at radius 1 is 0.929 bits per heavy atom. The third-order valence-electron chi connectivity index (χ3n) is 6.38. The third kappa shape index (κ3) is 9.58. The molecule has 9 nitrogen and oxygen atoms in total. The van der Waals surface area contributed by atoms with Crippen molar-refractivity contribution in [1.29, 1.82) is 0 Å². The number of alkyl carbamates (subject to hydrolysis) is 1. The molecule has 0 radical (unpaired) electrons. The maximum Gasteiger partial charge on any atom is 0.408 e. The monoisotopic (exact) mass is 610 g/mol. The molecule has 3 aromatic carbocycles. The summed E-state index contributed by atoms with van der Waals surface area (Å²) in [6.45, 7) is 1.04. The lowest BCUT2D eigenvalue weighted by atomic mass is 10.0. The van der Waals surface area contributed by atoms with Gasteiger partial charge in [0.15, 0.2) is 0 Å². The molecule has 1 amide bonds. The van der Waals surface area contributed by atoms with Crippen LogP contribution in [0.4, 0.5) is 4.79 Å². The van der Waals surface area contributed by atoms with E-state index in [1.54, 1.807) is 6.07 Å². The number of carbonyl (C=O) groups excluding carboxylic acids is 2. The van der Waals surface area contributed by atoms with Crippen molar-refractivity contribution < 1.29 is 23.6 Å². The second-order valence-corrected chi connectivity index (χ2v) is 10.4. The van der Waals surface area contributed by atoms with Crippen LogP contribution in [0.1, 0.15) is 52.5 Å². The van der Waals surface area contributed by atoms with Crippen molar-refractivity contribution in [2.75, 3.05) is 13.2 Å². The lowest BCUT2D eigenvalue weighted by Gasteiger charge is -2.16. The summed E-state index contributed by atoms with van der Waals surface area (Å²) < 4.78 is 16.5. The van der Waals surface area contributed by atoms with E-state index in [9.17, 15) is 9.59 Å². The lowest BCUT2D eigenvalue weighted by Crippen LogP contribution is -2.41. The Balaban J connectivity index is 1.29. The summed E-state index contributed by atoms with van der Waals surface area (Å²) in [5, 5.41) is 7.55. The topological polar surface area (TPSA) is 130 Å². The number of hydrogen-bond donors (Lipinski definition) is 2. The quantitative estimate of drug-likeness (QED) is 0.120. The van der Waals surface area contributed by atoms with Gasteiger partial charge in [-0.25, -0.2) is 4.79 Å². The fourth-order valence-electron chi connectivity index (χ4n) is 4.11. The molecule has 0 bridgehead atoms. The van der Waals surface area contributed by atoms with E-state index in [1.165, 1.54) is 0 Å². The fourth-order valence-corrected chi connectivity index (χ4v) is 4.43. The van der Waals surface area contributed by atoms with Crippen LogP contribution in [0.25, 0.3) is 0 Å². The van der Waals surface area contributed by atoms with Gasteiger partial charge in [0.25, 0.3) is 0 Å². The zero-order valence-electron chi connectivity index (χ0n) is 22.9. The van der Waals surface area contributed by atoms with Crippen molar-refractivity contribution in [3.63, 3.8) is 0 Å². The van der Waals surface area contributed by atoms with Crippen molar-refractivity contribution >= 4 is 35.1 Å². The van der Waals surface area contributed by atoms with Gasteiger partial charge in [0.05, 0.1) is 29.1 Å². The Hall–Kier alpha value is -3.92. The first kappa shape index (κ1) is 31.0. The van der Waals surface area contributed by atoms with Crippen LogP contribution in [0.5, 0.6) is 5.75 Å². The van der Waals surface area contributed by atoms with E-state index in [1.807, 2.05) is 66.7 Å². The highest BCUT2D eigenvalue weighted by Crippen LogP contribution is 2.23. The Morgan fingerprint density at radius 3 is 2.43 bits per heavy atom. The average molecular weight is 612 g/mol. The SMILES string of the molecule is NCCCCC(NC(=O)OCc1ccccc1)C(=O)c1noc(Cc2ccc(OCCc3ccc(Cl)c(Cl)c3)cc2)n1. The third-order valence-corrected chi connectivity index (χ3v) is 7.12. The molecule has 0 fully saturated rings. The number of ketones is 1. The number of nitrogens with two attached hydrogens (primary N) is 1. The van der Waals surface area contributed by atoms with Crippen molar-refractivity contribution in [3.05, 3.63) is 111 Å². The predicted octanol–water partition coefficient (Wildman–Crippen LogP) is 6.20. The highest BCUT2D eigenvalue weighted by atomic mass is 35.5. The summed E-state index contributed by atoms with van der Waals surface area (Å²) in [5.41, 5.74) is 8.37. The Morgan fingerprint density at radius 2 is 1.69 bits per heavy atom. The first-order valence-electron chi connectivity index (χ1n) is 13.6. The molecule has 1 heterocycles. The van der Waals surface area contributed by atoms with Crippen molar-refractivity contribution in [1.82, 2.24) is 15.5 Å². The molecule has 1 atom stereocenters. The van der Waals surface area contributed by atoms with E-state index in [0.29, 0.717) is 61.1 Å². The number of rotatable bonds is 15. The van der Waals surface area contributed by atoms with Gasteiger partial charge in [-0.05, 0) is 66.8 Å². The molecule has 0 spiro atoms. The summed E-state index contributed by atoms with van der Waals surface area (Å²) in [6, 6.07) is 21.4. The first-order chi connectivity index (χ1) is 20.4. The maximum absolute atomic E-state index is 13.2. The number of aromatic nitrogens is 2. The minimum absolute atomic E-state index is 0.0871. The molecule has 0 aliphatic heterocycles. The smallest absolute Gasteiger partial charge is 0.408 e. The summed E-state index contributed by atoms with van der Waals surface area (Å²) in [6.07, 6.45) is 2.02. The van der Waals surface area contributed by atoms with Crippen LogP contribution in [0.3, 0.4) is 0 Å². The molecule has 0 aliphatic carbocycles. The molecule has 4 rings (SSSR count). The Bertz CT molecular complexity index is 1450. The summed E-state index contributed by atoms with van der Waals surface area (Å²) in [7, 11) is 0. The number of hydrogen-bond acceptors (Lipinski definition) is 8. The van der Waals surface area contributed by atoms with Gasteiger partial charge in [0.2, 0.25) is 17.5 Å². The first-order valence-corrected chi connectivity index (χ1v) is 14.4. The molecule has 11 heteroatoms. The molecule has 0 saturated heterocycles. The van der Waals surface area contributed by atoms with Crippen LogP contribution in [0.15, 0.2) is 77.3 Å². The number of carbonyl (C=O) groups is 2. The van der Waals surface area contributed by atoms with Gasteiger partial charge in [0.1, 0.15) is 12.4 Å². The number of amides is 1. The number of unbranched alkanes of at least 4 members (excludes halogenated alkanes) is 1. The molecule has 1 unspecified atom stereocenters. The van der Waals surface area contributed by atoms with E-state index >= 15 is 0 Å². The van der Waals surface area contributed by atoms with Crippen molar-refractivity contribution in [2.24, 2.45) is 5.73 Å². The van der Waals surface area contributed by atoms with Gasteiger partial charge in [-0.2, -0.15) is 4.98 Å². The molecule has 4 aromatic rings. The molecule has 0 aliphatic rings. The summed E-state index contributed by atoms with van der Waals surface area (Å²) in [4.78, 5) is 29.9. The molecule has 42 heavy (non-hydrogen) atoms. The lowest BCUT2D eigenvalue weighted by molar-refractivity contribution is 0.0896. The standard InChI is InChI=1S/C31H32Cl2N4O5/c32-25-14-11-22(18-26(25)33)15-17-40-24-12-9-21(10-13-24)19-28-36-30(37-42-28)29(38)27(8-4-5-16-34)35-31(39)41-20-23-6-2-1-3-7-23/h1-3,6-7,9-14,18,27H,4-5,8,15-17,19-20,34H2,(H,35,39). The molecule has 1 aromatic heterocycles. The van der Waals surface area contributed by atoms with Crippen LogP contribution in [0.2, 0.25) is 10.0 Å². The van der Waals surface area contributed by atoms with E-state index in [-0.39, 0.29) is 18.3 Å². The number of Topliss-reactive ketones (excluding diaryl/α,β-unsaturated/α-hetero) is 1. The molecular formula is C31H32Cl2N4O5. The van der Waals surface area contributed by atoms with Crippen molar-refractivity contribution in [3.8, 4) is 5.75 Å². The normalized spacial score (nSPS) is 11.6. The predicted molar refractivity (Wildman–Crippen MR) is 160 cm³/mol. The summed E-state index contributed by atoms with van der Waals surface area (Å²) in [5.74, 6) is 0.433. The number of nitrogens with one attached hydrogen (secondary N) is 1. The highest BCUT2D eigenvalue weighted by molar-refractivity contribution is 6.42. The fraction of sp³-hybridized carbons (Fsp3) is 0.290. The largest absolute Gasteiger partial charge is 0.493 e. The van der Waals surface area contributed by atoms with Crippen molar-refractivity contribution in [2.45, 2.75) is 44.8 Å².